The van der Waals surface area contributed by atoms with Crippen LogP contribution in [0.4, 0.5) is 0 Å². The first-order valence-electron chi connectivity index (χ1n) is 1.56. The Bertz CT molecular complexity index is 65.6. The fourth-order valence-electron chi connectivity index (χ4n) is 0.104. The summed E-state index contributed by atoms with van der Waals surface area (Å²) in [6.07, 6.45) is 4.99. The van der Waals surface area contributed by atoms with Crippen LogP contribution in [-0.4, -0.2) is 0 Å². The van der Waals surface area contributed by atoms with Crippen LogP contribution in [0.5, 0.6) is 0 Å². The number of allylic oxidation sites excluding steroid dienone is 2. The molecule has 0 bridgehead atoms. The van der Waals surface area contributed by atoms with Crippen LogP contribution in [0.3, 0.4) is 0 Å². The van der Waals surface area contributed by atoms with E-state index >= 15 is 0 Å². The van der Waals surface area contributed by atoms with Gasteiger partial charge in [-0.3, -0.25) is 0 Å². The van der Waals surface area contributed by atoms with E-state index in [0.717, 1.165) is 0 Å². The lowest BCUT2D eigenvalue weighted by atomic mass is 10.6. The fraction of sp³-hybridized carbons (Fsp3) is 0. The van der Waals surface area contributed by atoms with Crippen molar-refractivity contribution >= 4 is 9.03 Å². The van der Waals surface area contributed by atoms with Gasteiger partial charge in [-0.25, -0.2) is 4.74 Å². The van der Waals surface area contributed by atoms with Gasteiger partial charge in [-0.15, -0.1) is 0 Å². The number of hydrogen-bond donors (Lipinski definition) is 0. The molecule has 0 aliphatic heterocycles. The van der Waals surface area contributed by atoms with Gasteiger partial charge in [0.05, 0.1) is 0 Å². The van der Waals surface area contributed by atoms with Gasteiger partial charge in [-0.2, -0.15) is 0 Å². The average molecular weight is 99.1 g/mol. The topological polar surface area (TPSA) is 12.4 Å². The maximum absolute atomic E-state index is 3.48. The zero-order valence-electron chi connectivity index (χ0n) is 3.39. The highest BCUT2D eigenvalue weighted by Gasteiger charge is 1.47. The minimum atomic E-state index is 1.60. The second kappa shape index (κ2) is 4.58. The summed E-state index contributed by atoms with van der Waals surface area (Å²) in [4.78, 5) is 0. The Hall–Kier alpha value is -0.420. The van der Waals surface area contributed by atoms with Gasteiger partial charge in [-0.1, -0.05) is 12.7 Å². The van der Waals surface area contributed by atoms with Crippen LogP contribution in [0.1, 0.15) is 0 Å². The van der Waals surface area contributed by atoms with Crippen molar-refractivity contribution in [2.75, 3.05) is 0 Å². The molecule has 0 N–H and O–H groups in total. The summed E-state index contributed by atoms with van der Waals surface area (Å²) < 4.78 is 3.48. The van der Waals surface area contributed by atoms with Crippen LogP contribution < -0.4 is 0 Å². The molecular weight excluding hydrogens is 93.0 g/mol. The smallest absolute Gasteiger partial charge is 0.0310 e. The SMILES string of the molecule is C=CC=CN=P. The Morgan fingerprint density at radius 1 is 1.67 bits per heavy atom. The normalized spacial score (nSPS) is 8.67. The summed E-state index contributed by atoms with van der Waals surface area (Å²) in [5.41, 5.74) is 0. The van der Waals surface area contributed by atoms with Crippen molar-refractivity contribution in [3.63, 3.8) is 0 Å². The van der Waals surface area contributed by atoms with Crippen LogP contribution in [-0.2, 0) is 0 Å². The van der Waals surface area contributed by atoms with Gasteiger partial charge in [0.1, 0.15) is 0 Å². The third-order valence-electron chi connectivity index (χ3n) is 0.297. The minimum absolute atomic E-state index is 1.60. The molecule has 0 aromatic carbocycles. The van der Waals surface area contributed by atoms with Crippen LogP contribution in [0.15, 0.2) is 29.7 Å². The van der Waals surface area contributed by atoms with Crippen molar-refractivity contribution in [2.45, 2.75) is 0 Å². The predicted octanol–water partition coefficient (Wildman–Crippen LogP) is 2.01. The van der Waals surface area contributed by atoms with E-state index in [2.05, 4.69) is 20.4 Å². The van der Waals surface area contributed by atoms with Crippen molar-refractivity contribution in [3.8, 4) is 0 Å². The van der Waals surface area contributed by atoms with E-state index in [1.54, 1.807) is 18.4 Å². The van der Waals surface area contributed by atoms with Gasteiger partial charge in [0, 0.05) is 6.20 Å². The van der Waals surface area contributed by atoms with Crippen LogP contribution in [0, 0.1) is 0 Å². The van der Waals surface area contributed by atoms with Crippen molar-refractivity contribution in [3.05, 3.63) is 24.9 Å². The van der Waals surface area contributed by atoms with Crippen LogP contribution >= 0.6 is 9.03 Å². The van der Waals surface area contributed by atoms with Gasteiger partial charge in [-0.05, 0) is 15.1 Å². The van der Waals surface area contributed by atoms with E-state index in [1.807, 2.05) is 0 Å². The molecule has 0 heterocycles. The lowest BCUT2D eigenvalue weighted by molar-refractivity contribution is 1.65. The Morgan fingerprint density at radius 3 is 2.50 bits per heavy atom. The largest absolute Gasteiger partial charge is 0.244 e. The monoisotopic (exact) mass is 99.0 g/mol. The van der Waals surface area contributed by atoms with E-state index in [4.69, 9.17) is 0 Å². The summed E-state index contributed by atoms with van der Waals surface area (Å²) >= 11 is 0. The molecule has 0 rings (SSSR count). The predicted molar refractivity (Wildman–Crippen MR) is 30.1 cm³/mol. The summed E-state index contributed by atoms with van der Waals surface area (Å²) in [6.45, 7) is 3.43. The van der Waals surface area contributed by atoms with Crippen molar-refractivity contribution < 1.29 is 0 Å². The molecule has 0 aromatic heterocycles. The summed E-state index contributed by atoms with van der Waals surface area (Å²) in [5.74, 6) is 0. The van der Waals surface area contributed by atoms with Crippen molar-refractivity contribution in [2.24, 2.45) is 4.74 Å². The second-order valence-corrected chi connectivity index (χ2v) is 0.965. The molecule has 0 aromatic rings. The third-order valence-corrected chi connectivity index (χ3v) is 0.446. The molecule has 0 fully saturated rings. The van der Waals surface area contributed by atoms with Gasteiger partial charge in [0.15, 0.2) is 0 Å². The Kier molecular flexibility index (Phi) is 4.26. The fourth-order valence-corrected chi connectivity index (χ4v) is 0.190. The van der Waals surface area contributed by atoms with E-state index in [-0.39, 0.29) is 0 Å². The lowest BCUT2D eigenvalue weighted by Crippen LogP contribution is -1.36. The lowest BCUT2D eigenvalue weighted by Gasteiger charge is -1.60. The first kappa shape index (κ1) is 5.58. The highest BCUT2D eigenvalue weighted by molar-refractivity contribution is 7.04. The molecule has 0 unspecified atom stereocenters. The summed E-state index contributed by atoms with van der Waals surface area (Å²) in [7, 11) is 2.88. The van der Waals surface area contributed by atoms with Crippen LogP contribution in [0.25, 0.3) is 0 Å². The zero-order valence-corrected chi connectivity index (χ0v) is 4.39. The van der Waals surface area contributed by atoms with Gasteiger partial charge in [0.2, 0.25) is 0 Å². The Balaban J connectivity index is 3.17. The number of hydrogen-bond acceptors (Lipinski definition) is 1. The third kappa shape index (κ3) is 3.58. The number of rotatable bonds is 2. The molecule has 32 valence electrons. The Labute approximate surface area is 39.7 Å². The number of nitrogens with zero attached hydrogens (tertiary/aromatic N) is 1. The molecule has 1 nitrogen and oxygen atoms in total. The first-order valence-corrected chi connectivity index (χ1v) is 2.00. The molecular formula is C4H6NP. The standard InChI is InChI=1S/C4H6NP/c1-2-3-4-5-6/h2-4,6H,1H2. The molecule has 0 saturated carbocycles. The molecule has 6 heavy (non-hydrogen) atoms. The molecule has 2 heteroatoms. The van der Waals surface area contributed by atoms with Crippen molar-refractivity contribution in [1.82, 2.24) is 0 Å². The highest BCUT2D eigenvalue weighted by atomic mass is 31.0. The average Bonchev–Trinajstić information content (AvgIpc) is 1.61. The van der Waals surface area contributed by atoms with E-state index in [0.29, 0.717) is 0 Å². The van der Waals surface area contributed by atoms with E-state index in [1.165, 1.54) is 0 Å². The summed E-state index contributed by atoms with van der Waals surface area (Å²) in [6, 6.07) is 0. The quantitative estimate of drug-likeness (QED) is 0.371. The maximum Gasteiger partial charge on any atom is 0.0310 e. The van der Waals surface area contributed by atoms with Gasteiger partial charge >= 0.3 is 0 Å². The summed E-state index contributed by atoms with van der Waals surface area (Å²) in [5, 5.41) is 0. The van der Waals surface area contributed by atoms with Gasteiger partial charge in [0.25, 0.3) is 0 Å². The minimum Gasteiger partial charge on any atom is -0.244 e. The van der Waals surface area contributed by atoms with Crippen LogP contribution in [0.2, 0.25) is 0 Å². The van der Waals surface area contributed by atoms with Crippen molar-refractivity contribution in [1.29, 1.82) is 0 Å². The maximum atomic E-state index is 3.48. The highest BCUT2D eigenvalue weighted by Crippen LogP contribution is 1.76. The van der Waals surface area contributed by atoms with E-state index in [9.17, 15) is 0 Å². The first-order chi connectivity index (χ1) is 2.91. The molecule has 0 radical (unpaired) electrons. The molecule has 0 aliphatic carbocycles. The molecule has 0 aliphatic rings. The second-order valence-electron chi connectivity index (χ2n) is 0.706. The Morgan fingerprint density at radius 2 is 2.33 bits per heavy atom. The molecule has 0 atom stereocenters. The zero-order chi connectivity index (χ0) is 4.83. The molecule has 0 saturated heterocycles. The van der Waals surface area contributed by atoms with E-state index < -0.39 is 0 Å². The molecule has 0 spiro atoms. The van der Waals surface area contributed by atoms with Gasteiger partial charge < -0.3 is 0 Å². The molecule has 0 amide bonds.